The fourth-order valence-electron chi connectivity index (χ4n) is 4.78. The van der Waals surface area contributed by atoms with Crippen molar-refractivity contribution in [1.29, 1.82) is 0 Å². The Balaban J connectivity index is 1.21. The number of urea groups is 1. The van der Waals surface area contributed by atoms with Crippen LogP contribution in [-0.4, -0.2) is 61.1 Å². The van der Waals surface area contributed by atoms with Crippen molar-refractivity contribution in [2.75, 3.05) is 31.6 Å². The second kappa shape index (κ2) is 8.53. The molecule has 4 amide bonds. The number of imide groups is 1. The van der Waals surface area contributed by atoms with E-state index < -0.39 is 5.54 Å². The SMILES string of the molecule is COc1ccc(N2CCC(NC(=O)CCN3C(=O)NC4(CCCC4)C3=O)CC2)cc1. The largest absolute Gasteiger partial charge is 0.497 e. The van der Waals surface area contributed by atoms with E-state index in [1.165, 1.54) is 4.90 Å². The van der Waals surface area contributed by atoms with Crippen LogP contribution in [0.4, 0.5) is 10.5 Å². The van der Waals surface area contributed by atoms with E-state index in [0.717, 1.165) is 50.2 Å². The first-order valence-electron chi connectivity index (χ1n) is 10.8. The van der Waals surface area contributed by atoms with Crippen LogP contribution >= 0.6 is 0 Å². The molecule has 8 heteroatoms. The summed E-state index contributed by atoms with van der Waals surface area (Å²) in [7, 11) is 1.65. The van der Waals surface area contributed by atoms with Crippen molar-refractivity contribution in [2.45, 2.75) is 56.5 Å². The van der Waals surface area contributed by atoms with Gasteiger partial charge in [-0.3, -0.25) is 14.5 Å². The summed E-state index contributed by atoms with van der Waals surface area (Å²) in [6.45, 7) is 1.88. The van der Waals surface area contributed by atoms with Crippen molar-refractivity contribution in [3.8, 4) is 5.75 Å². The Morgan fingerprint density at radius 1 is 1.17 bits per heavy atom. The Labute approximate surface area is 176 Å². The summed E-state index contributed by atoms with van der Waals surface area (Å²) in [5.74, 6) is 0.571. The minimum absolute atomic E-state index is 0.106. The van der Waals surface area contributed by atoms with Crippen molar-refractivity contribution in [2.24, 2.45) is 0 Å². The zero-order valence-corrected chi connectivity index (χ0v) is 17.5. The van der Waals surface area contributed by atoms with E-state index in [4.69, 9.17) is 4.74 Å². The number of piperidine rings is 1. The zero-order valence-electron chi connectivity index (χ0n) is 17.5. The predicted octanol–water partition coefficient (Wildman–Crippen LogP) is 2.03. The summed E-state index contributed by atoms with van der Waals surface area (Å²) in [6.07, 6.45) is 5.19. The van der Waals surface area contributed by atoms with Crippen LogP contribution in [-0.2, 0) is 9.59 Å². The summed E-state index contributed by atoms with van der Waals surface area (Å²) >= 11 is 0. The number of amides is 4. The van der Waals surface area contributed by atoms with Gasteiger partial charge in [-0.2, -0.15) is 0 Å². The molecule has 1 aromatic rings. The van der Waals surface area contributed by atoms with Crippen molar-refractivity contribution >= 4 is 23.5 Å². The van der Waals surface area contributed by atoms with Crippen LogP contribution in [0.15, 0.2) is 24.3 Å². The molecule has 2 saturated heterocycles. The van der Waals surface area contributed by atoms with Crippen LogP contribution in [0.3, 0.4) is 0 Å². The fraction of sp³-hybridized carbons (Fsp3) is 0.591. The van der Waals surface area contributed by atoms with Crippen molar-refractivity contribution in [3.63, 3.8) is 0 Å². The number of rotatable bonds is 6. The van der Waals surface area contributed by atoms with Crippen LogP contribution < -0.4 is 20.3 Å². The predicted molar refractivity (Wildman–Crippen MR) is 112 cm³/mol. The highest BCUT2D eigenvalue weighted by atomic mass is 16.5. The maximum absolute atomic E-state index is 12.7. The normalized spacial score (nSPS) is 21.2. The molecule has 162 valence electrons. The third kappa shape index (κ3) is 4.08. The highest BCUT2D eigenvalue weighted by Gasteiger charge is 2.52. The number of hydrogen-bond donors (Lipinski definition) is 2. The lowest BCUT2D eigenvalue weighted by Crippen LogP contribution is -2.46. The molecule has 1 aromatic carbocycles. The highest BCUT2D eigenvalue weighted by Crippen LogP contribution is 2.35. The van der Waals surface area contributed by atoms with Gasteiger partial charge in [-0.1, -0.05) is 12.8 Å². The molecule has 0 bridgehead atoms. The van der Waals surface area contributed by atoms with E-state index in [1.54, 1.807) is 7.11 Å². The minimum Gasteiger partial charge on any atom is -0.497 e. The van der Waals surface area contributed by atoms with Gasteiger partial charge in [0, 0.05) is 37.8 Å². The fourth-order valence-corrected chi connectivity index (χ4v) is 4.78. The summed E-state index contributed by atoms with van der Waals surface area (Å²) in [5.41, 5.74) is 0.446. The van der Waals surface area contributed by atoms with E-state index in [1.807, 2.05) is 24.3 Å². The first-order chi connectivity index (χ1) is 14.5. The number of benzene rings is 1. The number of carbonyl (C=O) groups is 3. The quantitative estimate of drug-likeness (QED) is 0.695. The third-order valence-corrected chi connectivity index (χ3v) is 6.56. The van der Waals surface area contributed by atoms with Crippen LogP contribution in [0.1, 0.15) is 44.9 Å². The third-order valence-electron chi connectivity index (χ3n) is 6.56. The van der Waals surface area contributed by atoms with Gasteiger partial charge in [0.2, 0.25) is 5.91 Å². The van der Waals surface area contributed by atoms with Crippen LogP contribution in [0.2, 0.25) is 0 Å². The van der Waals surface area contributed by atoms with E-state index >= 15 is 0 Å². The molecule has 0 unspecified atom stereocenters. The Hall–Kier alpha value is -2.77. The highest BCUT2D eigenvalue weighted by molar-refractivity contribution is 6.07. The van der Waals surface area contributed by atoms with Gasteiger partial charge in [0.05, 0.1) is 7.11 Å². The first-order valence-corrected chi connectivity index (χ1v) is 10.8. The van der Waals surface area contributed by atoms with Gasteiger partial charge in [0.25, 0.3) is 5.91 Å². The smallest absolute Gasteiger partial charge is 0.325 e. The topological polar surface area (TPSA) is 91.0 Å². The van der Waals surface area contributed by atoms with Crippen LogP contribution in [0.5, 0.6) is 5.75 Å². The number of anilines is 1. The molecule has 0 radical (unpaired) electrons. The van der Waals surface area contributed by atoms with Gasteiger partial charge in [0.1, 0.15) is 11.3 Å². The molecule has 2 aliphatic heterocycles. The molecule has 8 nitrogen and oxygen atoms in total. The molecule has 0 aromatic heterocycles. The maximum atomic E-state index is 12.7. The number of methoxy groups -OCH3 is 1. The number of carbonyl (C=O) groups excluding carboxylic acids is 3. The molecule has 1 spiro atoms. The number of ether oxygens (including phenoxy) is 1. The average Bonchev–Trinajstić information content (AvgIpc) is 3.32. The number of nitrogens with zero attached hydrogens (tertiary/aromatic N) is 2. The monoisotopic (exact) mass is 414 g/mol. The molecular formula is C22H30N4O4. The van der Waals surface area contributed by atoms with Gasteiger partial charge in [-0.25, -0.2) is 4.79 Å². The lowest BCUT2D eigenvalue weighted by atomic mass is 9.98. The van der Waals surface area contributed by atoms with Crippen LogP contribution in [0.25, 0.3) is 0 Å². The molecule has 30 heavy (non-hydrogen) atoms. The second-order valence-electron chi connectivity index (χ2n) is 8.45. The standard InChI is InChI=1S/C22H30N4O4/c1-30-18-6-4-17(5-7-18)25-13-8-16(9-14-25)23-19(27)10-15-26-20(28)22(24-21(26)29)11-2-3-12-22/h4-7,16H,2-3,8-15H2,1H3,(H,23,27)(H,24,29). The number of hydrogen-bond acceptors (Lipinski definition) is 5. The van der Waals surface area contributed by atoms with E-state index in [9.17, 15) is 14.4 Å². The Bertz CT molecular complexity index is 796. The Morgan fingerprint density at radius 3 is 2.47 bits per heavy atom. The molecule has 2 N–H and O–H groups in total. The molecule has 3 aliphatic rings. The van der Waals surface area contributed by atoms with Crippen LogP contribution in [0, 0.1) is 0 Å². The molecular weight excluding hydrogens is 384 g/mol. The van der Waals surface area contributed by atoms with Gasteiger partial charge in [-0.05, 0) is 49.9 Å². The molecule has 3 fully saturated rings. The minimum atomic E-state index is -0.707. The maximum Gasteiger partial charge on any atom is 0.325 e. The first kappa shape index (κ1) is 20.5. The Morgan fingerprint density at radius 2 is 1.83 bits per heavy atom. The van der Waals surface area contributed by atoms with Gasteiger partial charge >= 0.3 is 6.03 Å². The summed E-state index contributed by atoms with van der Waals surface area (Å²) in [4.78, 5) is 40.8. The van der Waals surface area contributed by atoms with E-state index in [-0.39, 0.29) is 36.9 Å². The Kier molecular flexibility index (Phi) is 5.83. The van der Waals surface area contributed by atoms with Crippen molar-refractivity contribution < 1.29 is 19.1 Å². The van der Waals surface area contributed by atoms with Gasteiger partial charge in [-0.15, -0.1) is 0 Å². The molecule has 1 saturated carbocycles. The van der Waals surface area contributed by atoms with E-state index in [2.05, 4.69) is 15.5 Å². The summed E-state index contributed by atoms with van der Waals surface area (Å²) < 4.78 is 5.20. The second-order valence-corrected chi connectivity index (χ2v) is 8.45. The molecule has 2 heterocycles. The lowest BCUT2D eigenvalue weighted by molar-refractivity contribution is -0.131. The lowest BCUT2D eigenvalue weighted by Gasteiger charge is -2.34. The summed E-state index contributed by atoms with van der Waals surface area (Å²) in [6, 6.07) is 7.77. The van der Waals surface area contributed by atoms with Gasteiger partial charge in [0.15, 0.2) is 0 Å². The van der Waals surface area contributed by atoms with E-state index in [0.29, 0.717) is 12.8 Å². The molecule has 4 rings (SSSR count). The van der Waals surface area contributed by atoms with Gasteiger partial charge < -0.3 is 20.3 Å². The molecule has 0 atom stereocenters. The average molecular weight is 415 g/mol. The van der Waals surface area contributed by atoms with Crippen molar-refractivity contribution in [3.05, 3.63) is 24.3 Å². The summed E-state index contributed by atoms with van der Waals surface area (Å²) in [5, 5.41) is 5.92. The zero-order chi connectivity index (χ0) is 21.1. The molecule has 1 aliphatic carbocycles. The number of nitrogens with one attached hydrogen (secondary N) is 2. The van der Waals surface area contributed by atoms with Crippen molar-refractivity contribution in [1.82, 2.24) is 15.5 Å².